The third kappa shape index (κ3) is 2.30. The fraction of sp³-hybridized carbons (Fsp3) is 0.154. The maximum atomic E-state index is 12.8. The summed E-state index contributed by atoms with van der Waals surface area (Å²) in [4.78, 5) is 14.8. The van der Waals surface area contributed by atoms with Gasteiger partial charge >= 0.3 is 6.18 Å². The Kier molecular flexibility index (Phi) is 3.12. The van der Waals surface area contributed by atoms with E-state index in [2.05, 4.69) is 25.3 Å². The molecule has 0 bridgehead atoms. The number of hydrogen-bond donors (Lipinski definition) is 3. The molecule has 3 aromatic rings. The van der Waals surface area contributed by atoms with Gasteiger partial charge in [-0.25, -0.2) is 15.0 Å². The number of aromatic nitrogens is 4. The lowest BCUT2D eigenvalue weighted by atomic mass is 10.1. The zero-order valence-corrected chi connectivity index (χ0v) is 11.4. The first-order valence-corrected chi connectivity index (χ1v) is 6.25. The van der Waals surface area contributed by atoms with Crippen molar-refractivity contribution < 1.29 is 13.2 Å². The Bertz CT molecular complexity index is 839. The van der Waals surface area contributed by atoms with Crippen molar-refractivity contribution in [1.29, 1.82) is 0 Å². The largest absolute Gasteiger partial charge is 0.417 e. The smallest absolute Gasteiger partial charge is 0.396 e. The molecule has 3 heterocycles. The molecule has 0 fully saturated rings. The Morgan fingerprint density at radius 1 is 1.23 bits per heavy atom. The van der Waals surface area contributed by atoms with E-state index in [1.807, 2.05) is 0 Å². The van der Waals surface area contributed by atoms with Gasteiger partial charge in [0.05, 0.1) is 17.4 Å². The van der Waals surface area contributed by atoms with Crippen LogP contribution < -0.4 is 11.1 Å². The zero-order chi connectivity index (χ0) is 15.9. The lowest BCUT2D eigenvalue weighted by Gasteiger charge is -2.08. The SMILES string of the molecule is CNc1ncc(N)c(-c2c[nH]c3ncc(C(F)(F)F)cc23)n1. The molecule has 0 saturated heterocycles. The Morgan fingerprint density at radius 2 is 2.00 bits per heavy atom. The summed E-state index contributed by atoms with van der Waals surface area (Å²) in [7, 11) is 1.63. The normalized spacial score (nSPS) is 11.8. The van der Waals surface area contributed by atoms with E-state index in [-0.39, 0.29) is 5.69 Å². The van der Waals surface area contributed by atoms with E-state index < -0.39 is 11.7 Å². The predicted octanol–water partition coefficient (Wildman–Crippen LogP) is 2.66. The molecule has 0 aromatic carbocycles. The fourth-order valence-corrected chi connectivity index (χ4v) is 2.08. The highest BCUT2D eigenvalue weighted by atomic mass is 19.4. The standard InChI is InChI=1S/C13H11F3N6/c1-18-12-21-5-9(17)10(22-12)8-4-20-11-7(8)2-6(3-19-11)13(14,15)16/h2-5H,17H2,1H3,(H,19,20)(H,18,21,22). The molecule has 22 heavy (non-hydrogen) atoms. The minimum Gasteiger partial charge on any atom is -0.396 e. The number of rotatable bonds is 2. The van der Waals surface area contributed by atoms with Crippen LogP contribution >= 0.6 is 0 Å². The molecule has 0 unspecified atom stereocenters. The van der Waals surface area contributed by atoms with Gasteiger partial charge in [-0.2, -0.15) is 13.2 Å². The number of nitrogens with two attached hydrogens (primary N) is 1. The van der Waals surface area contributed by atoms with Crippen LogP contribution in [0.15, 0.2) is 24.7 Å². The molecule has 3 rings (SSSR count). The summed E-state index contributed by atoms with van der Waals surface area (Å²) in [6, 6.07) is 1.02. The van der Waals surface area contributed by atoms with Crippen LogP contribution in [0, 0.1) is 0 Å². The second-order valence-electron chi connectivity index (χ2n) is 4.57. The van der Waals surface area contributed by atoms with Gasteiger partial charge in [0.1, 0.15) is 11.3 Å². The topological polar surface area (TPSA) is 92.5 Å². The molecule has 0 aliphatic rings. The number of halogens is 3. The maximum Gasteiger partial charge on any atom is 0.417 e. The molecule has 0 radical (unpaired) electrons. The van der Waals surface area contributed by atoms with Crippen molar-refractivity contribution in [3.63, 3.8) is 0 Å². The molecule has 0 aliphatic carbocycles. The average molecular weight is 308 g/mol. The molecule has 0 spiro atoms. The lowest BCUT2D eigenvalue weighted by Crippen LogP contribution is -2.05. The van der Waals surface area contributed by atoms with Crippen LogP contribution in [0.3, 0.4) is 0 Å². The van der Waals surface area contributed by atoms with Crippen molar-refractivity contribution in [3.05, 3.63) is 30.2 Å². The molecule has 6 nitrogen and oxygen atoms in total. The van der Waals surface area contributed by atoms with Gasteiger partial charge in [0, 0.05) is 30.4 Å². The predicted molar refractivity (Wildman–Crippen MR) is 76.1 cm³/mol. The number of nitrogens with one attached hydrogen (secondary N) is 2. The van der Waals surface area contributed by atoms with E-state index in [1.165, 1.54) is 12.4 Å². The molecule has 4 N–H and O–H groups in total. The first-order chi connectivity index (χ1) is 10.4. The first-order valence-electron chi connectivity index (χ1n) is 6.25. The first kappa shape index (κ1) is 14.1. The van der Waals surface area contributed by atoms with E-state index in [0.717, 1.165) is 12.3 Å². The van der Waals surface area contributed by atoms with Gasteiger partial charge in [-0.05, 0) is 6.07 Å². The number of hydrogen-bond acceptors (Lipinski definition) is 5. The van der Waals surface area contributed by atoms with Crippen LogP contribution in [0.5, 0.6) is 0 Å². The minimum absolute atomic E-state index is 0.261. The number of aromatic amines is 1. The highest BCUT2D eigenvalue weighted by Crippen LogP contribution is 2.35. The molecule has 0 atom stereocenters. The molecule has 114 valence electrons. The highest BCUT2D eigenvalue weighted by Gasteiger charge is 2.31. The van der Waals surface area contributed by atoms with Crippen LogP contribution in [0.2, 0.25) is 0 Å². The number of pyridine rings is 1. The fourth-order valence-electron chi connectivity index (χ4n) is 2.08. The molecule has 3 aromatic heterocycles. The van der Waals surface area contributed by atoms with E-state index in [1.54, 1.807) is 7.05 Å². The van der Waals surface area contributed by atoms with Gasteiger partial charge in [-0.3, -0.25) is 0 Å². The second kappa shape index (κ2) is 4.86. The third-order valence-corrected chi connectivity index (χ3v) is 3.15. The molecule has 0 aliphatic heterocycles. The molecular formula is C13H11F3N6. The van der Waals surface area contributed by atoms with Crippen LogP contribution in [0.1, 0.15) is 5.56 Å². The van der Waals surface area contributed by atoms with Crippen molar-refractivity contribution in [2.24, 2.45) is 0 Å². The summed E-state index contributed by atoms with van der Waals surface area (Å²) in [5, 5.41) is 3.05. The summed E-state index contributed by atoms with van der Waals surface area (Å²) in [5.41, 5.74) is 6.37. The number of nitrogens with zero attached hydrogens (tertiary/aromatic N) is 3. The van der Waals surface area contributed by atoms with Crippen molar-refractivity contribution in [2.45, 2.75) is 6.18 Å². The number of fused-ring (bicyclic) bond motifs is 1. The van der Waals surface area contributed by atoms with Gasteiger partial charge in [0.15, 0.2) is 0 Å². The maximum absolute atomic E-state index is 12.8. The number of alkyl halides is 3. The second-order valence-corrected chi connectivity index (χ2v) is 4.57. The van der Waals surface area contributed by atoms with E-state index in [4.69, 9.17) is 5.73 Å². The quantitative estimate of drug-likeness (QED) is 0.677. The van der Waals surface area contributed by atoms with Gasteiger partial charge in [0.25, 0.3) is 0 Å². The molecule has 9 heteroatoms. The zero-order valence-electron chi connectivity index (χ0n) is 11.4. The van der Waals surface area contributed by atoms with Gasteiger partial charge in [-0.15, -0.1) is 0 Å². The van der Waals surface area contributed by atoms with Crippen molar-refractivity contribution >= 4 is 22.7 Å². The number of anilines is 2. The summed E-state index contributed by atoms with van der Waals surface area (Å²) in [6.45, 7) is 0. The van der Waals surface area contributed by atoms with Gasteiger partial charge in [-0.1, -0.05) is 0 Å². The Morgan fingerprint density at radius 3 is 2.68 bits per heavy atom. The summed E-state index contributed by atoms with van der Waals surface area (Å²) in [6.07, 6.45) is -0.766. The molecular weight excluding hydrogens is 297 g/mol. The third-order valence-electron chi connectivity index (χ3n) is 3.15. The number of H-pyrrole nitrogens is 1. The van der Waals surface area contributed by atoms with E-state index >= 15 is 0 Å². The van der Waals surface area contributed by atoms with E-state index in [9.17, 15) is 13.2 Å². The van der Waals surface area contributed by atoms with Crippen LogP contribution in [0.25, 0.3) is 22.3 Å². The Balaban J connectivity index is 2.23. The van der Waals surface area contributed by atoms with Gasteiger partial charge < -0.3 is 16.0 Å². The van der Waals surface area contributed by atoms with Crippen molar-refractivity contribution in [3.8, 4) is 11.3 Å². The average Bonchev–Trinajstić information content (AvgIpc) is 2.90. The van der Waals surface area contributed by atoms with Crippen LogP contribution in [-0.2, 0) is 6.18 Å². The van der Waals surface area contributed by atoms with Crippen molar-refractivity contribution in [2.75, 3.05) is 18.1 Å². The summed E-state index contributed by atoms with van der Waals surface area (Å²) in [5.74, 6) is 0.318. The minimum atomic E-state index is -4.47. The Labute approximate surface area is 122 Å². The lowest BCUT2D eigenvalue weighted by molar-refractivity contribution is -0.137. The summed E-state index contributed by atoms with van der Waals surface area (Å²) >= 11 is 0. The molecule has 0 amide bonds. The van der Waals surface area contributed by atoms with E-state index in [0.29, 0.717) is 28.2 Å². The highest BCUT2D eigenvalue weighted by molar-refractivity contribution is 5.95. The number of nitrogen functional groups attached to an aromatic ring is 1. The van der Waals surface area contributed by atoms with Gasteiger partial charge in [0.2, 0.25) is 5.95 Å². The Hall–Kier alpha value is -2.84. The summed E-state index contributed by atoms with van der Waals surface area (Å²) < 4.78 is 38.5. The monoisotopic (exact) mass is 308 g/mol. The van der Waals surface area contributed by atoms with Crippen LogP contribution in [-0.4, -0.2) is 27.0 Å². The van der Waals surface area contributed by atoms with Crippen molar-refractivity contribution in [1.82, 2.24) is 19.9 Å². The van der Waals surface area contributed by atoms with Crippen LogP contribution in [0.4, 0.5) is 24.8 Å². The molecule has 0 saturated carbocycles.